The molecule has 2 rings (SSSR count). The standard InChI is InChI=1S/C17H18FNO/c1-12-6-4-7-13(10-12)16(20)19-17(2,3)14-8-5-9-15(18)11-14/h4-11H,1-3H3,(H,19,20). The molecule has 0 atom stereocenters. The SMILES string of the molecule is Cc1cccc(C(=O)NC(C)(C)c2cccc(F)c2)c1. The topological polar surface area (TPSA) is 29.1 Å². The van der Waals surface area contributed by atoms with E-state index in [0.717, 1.165) is 11.1 Å². The molecule has 3 heteroatoms. The fourth-order valence-corrected chi connectivity index (χ4v) is 2.09. The van der Waals surface area contributed by atoms with Crippen molar-refractivity contribution in [2.45, 2.75) is 26.3 Å². The van der Waals surface area contributed by atoms with Crippen LogP contribution >= 0.6 is 0 Å². The molecule has 2 nitrogen and oxygen atoms in total. The minimum atomic E-state index is -0.636. The lowest BCUT2D eigenvalue weighted by Crippen LogP contribution is -2.41. The lowest BCUT2D eigenvalue weighted by atomic mass is 9.93. The van der Waals surface area contributed by atoms with E-state index >= 15 is 0 Å². The number of nitrogens with one attached hydrogen (secondary N) is 1. The Balaban J connectivity index is 2.22. The number of carbonyl (C=O) groups is 1. The van der Waals surface area contributed by atoms with Gasteiger partial charge in [0.1, 0.15) is 5.82 Å². The summed E-state index contributed by atoms with van der Waals surface area (Å²) >= 11 is 0. The van der Waals surface area contributed by atoms with Gasteiger partial charge in [0.2, 0.25) is 0 Å². The second kappa shape index (κ2) is 5.45. The van der Waals surface area contributed by atoms with Gasteiger partial charge in [0, 0.05) is 5.56 Å². The van der Waals surface area contributed by atoms with E-state index in [0.29, 0.717) is 5.56 Å². The highest BCUT2D eigenvalue weighted by Crippen LogP contribution is 2.21. The molecular weight excluding hydrogens is 253 g/mol. The highest BCUT2D eigenvalue weighted by Gasteiger charge is 2.23. The van der Waals surface area contributed by atoms with Crippen molar-refractivity contribution in [1.29, 1.82) is 0 Å². The normalized spacial score (nSPS) is 11.2. The van der Waals surface area contributed by atoms with Crippen molar-refractivity contribution in [2.24, 2.45) is 0 Å². The summed E-state index contributed by atoms with van der Waals surface area (Å²) < 4.78 is 13.3. The van der Waals surface area contributed by atoms with Crippen LogP contribution in [0.4, 0.5) is 4.39 Å². The molecule has 0 heterocycles. The molecule has 0 aliphatic rings. The number of carbonyl (C=O) groups excluding carboxylic acids is 1. The van der Waals surface area contributed by atoms with Crippen molar-refractivity contribution in [3.05, 3.63) is 71.0 Å². The van der Waals surface area contributed by atoms with Gasteiger partial charge in [0.15, 0.2) is 0 Å². The molecule has 20 heavy (non-hydrogen) atoms. The van der Waals surface area contributed by atoms with Gasteiger partial charge in [0.05, 0.1) is 5.54 Å². The van der Waals surface area contributed by atoms with Gasteiger partial charge in [-0.3, -0.25) is 4.79 Å². The molecule has 0 radical (unpaired) electrons. The Morgan fingerprint density at radius 1 is 1.10 bits per heavy atom. The van der Waals surface area contributed by atoms with Crippen molar-refractivity contribution in [3.63, 3.8) is 0 Å². The Labute approximate surface area is 118 Å². The molecule has 0 saturated heterocycles. The van der Waals surface area contributed by atoms with E-state index in [1.54, 1.807) is 18.2 Å². The quantitative estimate of drug-likeness (QED) is 0.904. The van der Waals surface area contributed by atoms with E-state index in [4.69, 9.17) is 0 Å². The number of benzene rings is 2. The Morgan fingerprint density at radius 2 is 1.80 bits per heavy atom. The molecule has 104 valence electrons. The number of amides is 1. The van der Waals surface area contributed by atoms with Gasteiger partial charge in [-0.2, -0.15) is 0 Å². The number of rotatable bonds is 3. The van der Waals surface area contributed by atoms with Crippen LogP contribution in [0.3, 0.4) is 0 Å². The summed E-state index contributed by atoms with van der Waals surface area (Å²) in [5, 5.41) is 2.94. The predicted molar refractivity (Wildman–Crippen MR) is 78.1 cm³/mol. The van der Waals surface area contributed by atoms with Crippen LogP contribution in [-0.2, 0) is 5.54 Å². The highest BCUT2D eigenvalue weighted by molar-refractivity contribution is 5.94. The summed E-state index contributed by atoms with van der Waals surface area (Å²) in [6.45, 7) is 5.65. The summed E-state index contributed by atoms with van der Waals surface area (Å²) in [6.07, 6.45) is 0. The third kappa shape index (κ3) is 3.23. The molecule has 2 aromatic carbocycles. The first-order valence-corrected chi connectivity index (χ1v) is 6.54. The Bertz CT molecular complexity index is 634. The molecule has 1 amide bonds. The van der Waals surface area contributed by atoms with Crippen LogP contribution in [-0.4, -0.2) is 5.91 Å². The predicted octanol–water partition coefficient (Wildman–Crippen LogP) is 3.80. The molecule has 0 aliphatic carbocycles. The van der Waals surface area contributed by atoms with Gasteiger partial charge in [-0.05, 0) is 50.6 Å². The molecule has 0 aliphatic heterocycles. The summed E-state index contributed by atoms with van der Waals surface area (Å²) in [7, 11) is 0. The van der Waals surface area contributed by atoms with E-state index in [2.05, 4.69) is 5.32 Å². The first-order valence-electron chi connectivity index (χ1n) is 6.54. The average molecular weight is 271 g/mol. The monoisotopic (exact) mass is 271 g/mol. The third-order valence-corrected chi connectivity index (χ3v) is 3.25. The maximum Gasteiger partial charge on any atom is 0.251 e. The van der Waals surface area contributed by atoms with Gasteiger partial charge in [-0.25, -0.2) is 4.39 Å². The Hall–Kier alpha value is -2.16. The van der Waals surface area contributed by atoms with Crippen LogP contribution in [0.25, 0.3) is 0 Å². The highest BCUT2D eigenvalue weighted by atomic mass is 19.1. The molecule has 0 fully saturated rings. The second-order valence-corrected chi connectivity index (χ2v) is 5.46. The van der Waals surface area contributed by atoms with Gasteiger partial charge in [-0.15, -0.1) is 0 Å². The largest absolute Gasteiger partial charge is 0.343 e. The summed E-state index contributed by atoms with van der Waals surface area (Å²) in [5.74, 6) is -0.469. The zero-order valence-electron chi connectivity index (χ0n) is 11.9. The molecule has 0 bridgehead atoms. The average Bonchev–Trinajstić information content (AvgIpc) is 2.38. The molecular formula is C17H18FNO. The van der Waals surface area contributed by atoms with Gasteiger partial charge < -0.3 is 5.32 Å². The minimum absolute atomic E-state index is 0.164. The number of halogens is 1. The van der Waals surface area contributed by atoms with Crippen LogP contribution in [0.5, 0.6) is 0 Å². The van der Waals surface area contributed by atoms with Crippen molar-refractivity contribution >= 4 is 5.91 Å². The smallest absolute Gasteiger partial charge is 0.251 e. The molecule has 0 aromatic heterocycles. The van der Waals surface area contributed by atoms with E-state index in [1.165, 1.54) is 12.1 Å². The maximum atomic E-state index is 13.3. The fourth-order valence-electron chi connectivity index (χ4n) is 2.09. The summed E-state index contributed by atoms with van der Waals surface area (Å²) in [4.78, 5) is 12.3. The Morgan fingerprint density at radius 3 is 2.45 bits per heavy atom. The number of hydrogen-bond acceptors (Lipinski definition) is 1. The van der Waals surface area contributed by atoms with E-state index in [1.807, 2.05) is 39.0 Å². The first-order chi connectivity index (χ1) is 9.38. The van der Waals surface area contributed by atoms with Crippen LogP contribution < -0.4 is 5.32 Å². The molecule has 1 N–H and O–H groups in total. The molecule has 2 aromatic rings. The zero-order chi connectivity index (χ0) is 14.8. The molecule has 0 spiro atoms. The van der Waals surface area contributed by atoms with Crippen molar-refractivity contribution in [3.8, 4) is 0 Å². The van der Waals surface area contributed by atoms with Gasteiger partial charge in [0.25, 0.3) is 5.91 Å². The number of hydrogen-bond donors (Lipinski definition) is 1. The van der Waals surface area contributed by atoms with Gasteiger partial charge >= 0.3 is 0 Å². The van der Waals surface area contributed by atoms with E-state index in [-0.39, 0.29) is 11.7 Å². The van der Waals surface area contributed by atoms with Crippen LogP contribution in [0, 0.1) is 12.7 Å². The number of aryl methyl sites for hydroxylation is 1. The second-order valence-electron chi connectivity index (χ2n) is 5.46. The first kappa shape index (κ1) is 14.3. The third-order valence-electron chi connectivity index (χ3n) is 3.25. The lowest BCUT2D eigenvalue weighted by molar-refractivity contribution is 0.0912. The van der Waals surface area contributed by atoms with Crippen LogP contribution in [0.15, 0.2) is 48.5 Å². The fraction of sp³-hybridized carbons (Fsp3) is 0.235. The van der Waals surface area contributed by atoms with Crippen LogP contribution in [0.2, 0.25) is 0 Å². The van der Waals surface area contributed by atoms with Crippen molar-refractivity contribution in [1.82, 2.24) is 5.32 Å². The van der Waals surface area contributed by atoms with Gasteiger partial charge in [-0.1, -0.05) is 29.8 Å². The van der Waals surface area contributed by atoms with E-state index in [9.17, 15) is 9.18 Å². The zero-order valence-corrected chi connectivity index (χ0v) is 11.9. The minimum Gasteiger partial charge on any atom is -0.343 e. The van der Waals surface area contributed by atoms with Crippen molar-refractivity contribution in [2.75, 3.05) is 0 Å². The maximum absolute atomic E-state index is 13.3. The van der Waals surface area contributed by atoms with E-state index < -0.39 is 5.54 Å². The van der Waals surface area contributed by atoms with Crippen molar-refractivity contribution < 1.29 is 9.18 Å². The van der Waals surface area contributed by atoms with Crippen LogP contribution in [0.1, 0.15) is 35.3 Å². The summed E-state index contributed by atoms with van der Waals surface area (Å²) in [5.41, 5.74) is 1.73. The molecule has 0 saturated carbocycles. The summed E-state index contributed by atoms with van der Waals surface area (Å²) in [6, 6.07) is 13.7. The lowest BCUT2D eigenvalue weighted by Gasteiger charge is -2.27. The Kier molecular flexibility index (Phi) is 3.89. The molecule has 0 unspecified atom stereocenters.